The maximum atomic E-state index is 12.3. The van der Waals surface area contributed by atoms with E-state index in [4.69, 9.17) is 4.74 Å². The molecule has 0 radical (unpaired) electrons. The summed E-state index contributed by atoms with van der Waals surface area (Å²) in [5.41, 5.74) is 1.02. The van der Waals surface area contributed by atoms with Crippen LogP contribution in [0.5, 0.6) is 0 Å². The number of likely N-dealkylation sites (N-methyl/N-ethyl adjacent to an activating group) is 1. The van der Waals surface area contributed by atoms with E-state index in [1.54, 1.807) is 9.80 Å². The topological polar surface area (TPSA) is 34.0 Å². The maximum absolute atomic E-state index is 12.3. The molecule has 0 aromatic heterocycles. The summed E-state index contributed by atoms with van der Waals surface area (Å²) < 4.78 is 5.46. The van der Waals surface area contributed by atoms with Crippen molar-refractivity contribution in [3.63, 3.8) is 0 Å². The number of nitrogens with one attached hydrogen (secondary N) is 1. The third-order valence-corrected chi connectivity index (χ3v) is 4.57. The molecule has 4 nitrogen and oxygen atoms in total. The van der Waals surface area contributed by atoms with E-state index in [0.29, 0.717) is 12.5 Å². The summed E-state index contributed by atoms with van der Waals surface area (Å²) >= 11 is 0. The lowest BCUT2D eigenvalue weighted by molar-refractivity contribution is -0.889. The Labute approximate surface area is 134 Å². The van der Waals surface area contributed by atoms with Gasteiger partial charge in [-0.15, -0.1) is 0 Å². The Hall–Kier alpha value is -1.55. The molecule has 1 aliphatic rings. The number of hydrogen-bond acceptors (Lipinski definition) is 2. The molecule has 1 amide bonds. The Balaban J connectivity index is 1.88. The van der Waals surface area contributed by atoms with Gasteiger partial charge >= 0.3 is 6.09 Å². The van der Waals surface area contributed by atoms with E-state index in [2.05, 4.69) is 13.8 Å². The molecule has 0 spiro atoms. The van der Waals surface area contributed by atoms with Crippen molar-refractivity contribution in [2.24, 2.45) is 5.92 Å². The molecule has 1 fully saturated rings. The molecular formula is C18H29N2O2+. The molecule has 0 unspecified atom stereocenters. The summed E-state index contributed by atoms with van der Waals surface area (Å²) in [6.45, 7) is 8.19. The number of carbonyl (C=O) groups is 1. The van der Waals surface area contributed by atoms with Gasteiger partial charge in [0.05, 0.1) is 25.7 Å². The van der Waals surface area contributed by atoms with Crippen molar-refractivity contribution in [3.8, 4) is 0 Å². The van der Waals surface area contributed by atoms with Crippen LogP contribution in [-0.2, 0) is 11.3 Å². The van der Waals surface area contributed by atoms with Gasteiger partial charge in [0.25, 0.3) is 0 Å². The van der Waals surface area contributed by atoms with Crippen LogP contribution in [0.3, 0.4) is 0 Å². The van der Waals surface area contributed by atoms with E-state index < -0.39 is 0 Å². The molecule has 122 valence electrons. The molecule has 0 saturated carbocycles. The number of carbonyl (C=O) groups excluding carboxylic acids is 1. The highest BCUT2D eigenvalue weighted by molar-refractivity contribution is 5.67. The zero-order valence-electron chi connectivity index (χ0n) is 14.0. The summed E-state index contributed by atoms with van der Waals surface area (Å²) in [6, 6.07) is 10.1. The molecule has 2 rings (SSSR count). The summed E-state index contributed by atoms with van der Waals surface area (Å²) in [7, 11) is 1.87. The molecule has 1 N–H and O–H groups in total. The summed E-state index contributed by atoms with van der Waals surface area (Å²) in [5, 5.41) is 0. The Morgan fingerprint density at radius 3 is 2.45 bits per heavy atom. The zero-order chi connectivity index (χ0) is 15.9. The number of ether oxygens (including phenoxy) is 1. The minimum Gasteiger partial charge on any atom is -0.445 e. The molecule has 1 saturated heterocycles. The van der Waals surface area contributed by atoms with Crippen molar-refractivity contribution in [2.75, 3.05) is 26.7 Å². The van der Waals surface area contributed by atoms with E-state index >= 15 is 0 Å². The lowest BCUT2D eigenvalue weighted by Crippen LogP contribution is -3.11. The largest absolute Gasteiger partial charge is 0.445 e. The number of likely N-dealkylation sites (tertiary alicyclic amines) is 1. The Kier molecular flexibility index (Phi) is 6.25. The summed E-state index contributed by atoms with van der Waals surface area (Å²) in [6.07, 6.45) is 2.39. The maximum Gasteiger partial charge on any atom is 0.410 e. The van der Waals surface area contributed by atoms with Crippen LogP contribution in [0.15, 0.2) is 30.3 Å². The van der Waals surface area contributed by atoms with Gasteiger partial charge in [-0.05, 0) is 11.5 Å². The van der Waals surface area contributed by atoms with Crippen LogP contribution in [0.25, 0.3) is 0 Å². The monoisotopic (exact) mass is 305 g/mol. The Bertz CT molecular complexity index is 455. The van der Waals surface area contributed by atoms with Gasteiger partial charge in [0, 0.05) is 19.9 Å². The van der Waals surface area contributed by atoms with E-state index in [1.165, 1.54) is 25.9 Å². The van der Waals surface area contributed by atoms with Crippen LogP contribution in [-0.4, -0.2) is 43.7 Å². The quantitative estimate of drug-likeness (QED) is 0.872. The van der Waals surface area contributed by atoms with E-state index in [0.717, 1.165) is 12.1 Å². The van der Waals surface area contributed by atoms with Crippen LogP contribution >= 0.6 is 0 Å². The first kappa shape index (κ1) is 16.8. The molecular weight excluding hydrogens is 276 g/mol. The van der Waals surface area contributed by atoms with Crippen molar-refractivity contribution >= 4 is 6.09 Å². The fourth-order valence-electron chi connectivity index (χ4n) is 3.15. The van der Waals surface area contributed by atoms with Crippen LogP contribution < -0.4 is 4.90 Å². The molecule has 1 atom stereocenters. The van der Waals surface area contributed by atoms with Crippen molar-refractivity contribution in [2.45, 2.75) is 39.3 Å². The SMILES string of the molecule is CC(C)[C@@H](C[NH+]1CCCC1)N(C)C(=O)OCc1ccccc1. The van der Waals surface area contributed by atoms with Gasteiger partial charge in [0.15, 0.2) is 0 Å². The van der Waals surface area contributed by atoms with Gasteiger partial charge < -0.3 is 14.5 Å². The average Bonchev–Trinajstić information content (AvgIpc) is 3.03. The number of benzene rings is 1. The second-order valence-electron chi connectivity index (χ2n) is 6.62. The number of hydrogen-bond donors (Lipinski definition) is 1. The first-order valence-electron chi connectivity index (χ1n) is 8.35. The zero-order valence-corrected chi connectivity index (χ0v) is 14.0. The third-order valence-electron chi connectivity index (χ3n) is 4.57. The van der Waals surface area contributed by atoms with Crippen molar-refractivity contribution in [1.82, 2.24) is 4.90 Å². The lowest BCUT2D eigenvalue weighted by Gasteiger charge is -2.31. The van der Waals surface area contributed by atoms with Gasteiger partial charge in [-0.25, -0.2) is 4.79 Å². The fraction of sp³-hybridized carbons (Fsp3) is 0.611. The number of amides is 1. The van der Waals surface area contributed by atoms with Crippen molar-refractivity contribution < 1.29 is 14.4 Å². The van der Waals surface area contributed by atoms with Gasteiger partial charge in [-0.1, -0.05) is 44.2 Å². The highest BCUT2D eigenvalue weighted by Gasteiger charge is 2.29. The first-order chi connectivity index (χ1) is 10.6. The van der Waals surface area contributed by atoms with E-state index in [9.17, 15) is 4.79 Å². The normalized spacial score (nSPS) is 16.7. The highest BCUT2D eigenvalue weighted by Crippen LogP contribution is 2.11. The molecule has 1 aromatic rings. The average molecular weight is 305 g/mol. The Morgan fingerprint density at radius 1 is 1.23 bits per heavy atom. The number of rotatable bonds is 6. The third kappa shape index (κ3) is 4.73. The molecule has 4 heteroatoms. The number of quaternary nitrogens is 1. The minimum atomic E-state index is -0.221. The van der Waals surface area contributed by atoms with Crippen LogP contribution in [0.4, 0.5) is 4.79 Å². The first-order valence-corrected chi connectivity index (χ1v) is 8.35. The van der Waals surface area contributed by atoms with Gasteiger partial charge in [0.1, 0.15) is 6.61 Å². The second kappa shape index (κ2) is 8.18. The van der Waals surface area contributed by atoms with E-state index in [-0.39, 0.29) is 12.1 Å². The standard InChI is InChI=1S/C18H28N2O2/c1-15(2)17(13-20-11-7-8-12-20)19(3)18(21)22-14-16-9-5-4-6-10-16/h4-6,9-10,15,17H,7-8,11-14H2,1-3H3/p+1/t17-/m1/s1. The van der Waals surface area contributed by atoms with Crippen LogP contribution in [0.2, 0.25) is 0 Å². The second-order valence-corrected chi connectivity index (χ2v) is 6.62. The van der Waals surface area contributed by atoms with Crippen molar-refractivity contribution in [3.05, 3.63) is 35.9 Å². The van der Waals surface area contributed by atoms with Crippen molar-refractivity contribution in [1.29, 1.82) is 0 Å². The predicted octanol–water partition coefficient (Wildman–Crippen LogP) is 1.96. The van der Waals surface area contributed by atoms with Gasteiger partial charge in [-0.2, -0.15) is 0 Å². The molecule has 0 aliphatic carbocycles. The Morgan fingerprint density at radius 2 is 1.86 bits per heavy atom. The van der Waals surface area contributed by atoms with Crippen LogP contribution in [0.1, 0.15) is 32.3 Å². The van der Waals surface area contributed by atoms with Crippen LogP contribution in [0, 0.1) is 5.92 Å². The van der Waals surface area contributed by atoms with Gasteiger partial charge in [0.2, 0.25) is 0 Å². The predicted molar refractivity (Wildman–Crippen MR) is 87.8 cm³/mol. The summed E-state index contributed by atoms with van der Waals surface area (Å²) in [4.78, 5) is 15.7. The molecule has 1 aromatic carbocycles. The highest BCUT2D eigenvalue weighted by atomic mass is 16.6. The van der Waals surface area contributed by atoms with E-state index in [1.807, 2.05) is 37.4 Å². The lowest BCUT2D eigenvalue weighted by atomic mass is 10.0. The molecule has 1 aliphatic heterocycles. The molecule has 22 heavy (non-hydrogen) atoms. The number of nitrogens with zero attached hydrogens (tertiary/aromatic N) is 1. The summed E-state index contributed by atoms with van der Waals surface area (Å²) in [5.74, 6) is 0.433. The minimum absolute atomic E-state index is 0.221. The smallest absolute Gasteiger partial charge is 0.410 e. The fourth-order valence-corrected chi connectivity index (χ4v) is 3.15. The van der Waals surface area contributed by atoms with Gasteiger partial charge in [-0.3, -0.25) is 0 Å². The molecule has 0 bridgehead atoms. The molecule has 1 heterocycles.